The lowest BCUT2D eigenvalue weighted by Gasteiger charge is -2.39. The smallest absolute Gasteiger partial charge is 0.0667 e. The second kappa shape index (κ2) is 6.36. The number of nitrogens with zero attached hydrogens (tertiary/aromatic N) is 1. The molecule has 0 bridgehead atoms. The van der Waals surface area contributed by atoms with Crippen molar-refractivity contribution >= 4 is 0 Å². The number of hydrogen-bond acceptors (Lipinski definition) is 3. The van der Waals surface area contributed by atoms with Crippen molar-refractivity contribution in [1.29, 1.82) is 0 Å². The molecule has 18 heavy (non-hydrogen) atoms. The fourth-order valence-corrected chi connectivity index (χ4v) is 3.22. The lowest BCUT2D eigenvalue weighted by Crippen LogP contribution is -2.47. The SMILES string of the molecule is CCCC(C)(CNC1CC1)CN1CCCC(O)C1. The number of aliphatic hydroxyl groups is 1. The van der Waals surface area contributed by atoms with Gasteiger partial charge in [0.05, 0.1) is 6.10 Å². The largest absolute Gasteiger partial charge is 0.392 e. The molecular formula is C15H30N2O. The lowest BCUT2D eigenvalue weighted by molar-refractivity contribution is 0.0442. The summed E-state index contributed by atoms with van der Waals surface area (Å²) in [6.07, 6.45) is 7.30. The van der Waals surface area contributed by atoms with Crippen LogP contribution in [0.3, 0.4) is 0 Å². The molecule has 1 heterocycles. The quantitative estimate of drug-likeness (QED) is 0.729. The molecule has 0 aromatic rings. The van der Waals surface area contributed by atoms with Gasteiger partial charge in [-0.05, 0) is 44.1 Å². The van der Waals surface area contributed by atoms with Crippen molar-refractivity contribution in [3.8, 4) is 0 Å². The Morgan fingerprint density at radius 1 is 1.33 bits per heavy atom. The van der Waals surface area contributed by atoms with Crippen LogP contribution >= 0.6 is 0 Å². The summed E-state index contributed by atoms with van der Waals surface area (Å²) in [5.41, 5.74) is 0.369. The first-order valence-corrected chi connectivity index (χ1v) is 7.75. The highest BCUT2D eigenvalue weighted by atomic mass is 16.3. The summed E-state index contributed by atoms with van der Waals surface area (Å²) in [4.78, 5) is 2.47. The van der Waals surface area contributed by atoms with Crippen LogP contribution in [0, 0.1) is 5.41 Å². The first kappa shape index (κ1) is 14.3. The van der Waals surface area contributed by atoms with Crippen molar-refractivity contribution in [1.82, 2.24) is 10.2 Å². The Bertz CT molecular complexity index is 255. The van der Waals surface area contributed by atoms with Crippen molar-refractivity contribution in [3.05, 3.63) is 0 Å². The molecule has 3 nitrogen and oxygen atoms in total. The minimum absolute atomic E-state index is 0.0963. The van der Waals surface area contributed by atoms with E-state index in [0.717, 1.165) is 38.5 Å². The summed E-state index contributed by atoms with van der Waals surface area (Å²) in [5, 5.41) is 13.5. The van der Waals surface area contributed by atoms with E-state index in [-0.39, 0.29) is 6.10 Å². The van der Waals surface area contributed by atoms with Gasteiger partial charge in [-0.25, -0.2) is 0 Å². The van der Waals surface area contributed by atoms with Crippen LogP contribution in [-0.2, 0) is 0 Å². The fourth-order valence-electron chi connectivity index (χ4n) is 3.22. The third-order valence-corrected chi connectivity index (χ3v) is 4.33. The molecule has 2 aliphatic rings. The number of hydrogen-bond donors (Lipinski definition) is 2. The molecule has 2 rings (SSSR count). The Labute approximate surface area is 112 Å². The van der Waals surface area contributed by atoms with Gasteiger partial charge in [0.1, 0.15) is 0 Å². The average molecular weight is 254 g/mol. The molecule has 1 saturated carbocycles. The van der Waals surface area contributed by atoms with Crippen molar-refractivity contribution in [2.75, 3.05) is 26.2 Å². The maximum absolute atomic E-state index is 9.78. The van der Waals surface area contributed by atoms with Crippen LogP contribution in [0.2, 0.25) is 0 Å². The Morgan fingerprint density at radius 2 is 2.11 bits per heavy atom. The molecule has 0 radical (unpaired) electrons. The fraction of sp³-hybridized carbons (Fsp3) is 1.00. The van der Waals surface area contributed by atoms with Crippen LogP contribution in [0.5, 0.6) is 0 Å². The van der Waals surface area contributed by atoms with Gasteiger partial charge in [-0.1, -0.05) is 20.3 Å². The van der Waals surface area contributed by atoms with Gasteiger partial charge in [0.2, 0.25) is 0 Å². The molecule has 2 N–H and O–H groups in total. The zero-order valence-corrected chi connectivity index (χ0v) is 12.1. The van der Waals surface area contributed by atoms with Gasteiger partial charge in [0, 0.05) is 25.7 Å². The molecule has 2 atom stereocenters. The molecule has 2 fully saturated rings. The molecule has 0 spiro atoms. The topological polar surface area (TPSA) is 35.5 Å². The number of aliphatic hydroxyl groups excluding tert-OH is 1. The van der Waals surface area contributed by atoms with Gasteiger partial charge in [0.15, 0.2) is 0 Å². The molecular weight excluding hydrogens is 224 g/mol. The Morgan fingerprint density at radius 3 is 2.72 bits per heavy atom. The minimum Gasteiger partial charge on any atom is -0.392 e. The van der Waals surface area contributed by atoms with Crippen LogP contribution in [0.25, 0.3) is 0 Å². The molecule has 2 unspecified atom stereocenters. The summed E-state index contributed by atoms with van der Waals surface area (Å²) >= 11 is 0. The summed E-state index contributed by atoms with van der Waals surface area (Å²) in [7, 11) is 0. The van der Waals surface area contributed by atoms with E-state index in [9.17, 15) is 5.11 Å². The van der Waals surface area contributed by atoms with Gasteiger partial charge >= 0.3 is 0 Å². The zero-order valence-electron chi connectivity index (χ0n) is 12.1. The van der Waals surface area contributed by atoms with Crippen LogP contribution in [0.1, 0.15) is 52.4 Å². The first-order valence-electron chi connectivity index (χ1n) is 7.75. The van der Waals surface area contributed by atoms with E-state index < -0.39 is 0 Å². The Kier molecular flexibility index (Phi) is 5.05. The molecule has 0 aromatic heterocycles. The van der Waals surface area contributed by atoms with Crippen LogP contribution < -0.4 is 5.32 Å². The summed E-state index contributed by atoms with van der Waals surface area (Å²) < 4.78 is 0. The summed E-state index contributed by atoms with van der Waals surface area (Å²) in [5.74, 6) is 0. The van der Waals surface area contributed by atoms with Crippen LogP contribution in [-0.4, -0.2) is 48.3 Å². The highest BCUT2D eigenvalue weighted by Gasteiger charge is 2.31. The van der Waals surface area contributed by atoms with Gasteiger partial charge in [0.25, 0.3) is 0 Å². The van der Waals surface area contributed by atoms with E-state index in [1.54, 1.807) is 0 Å². The van der Waals surface area contributed by atoms with Crippen molar-refractivity contribution in [2.45, 2.75) is 64.5 Å². The van der Waals surface area contributed by atoms with E-state index in [1.807, 2.05) is 0 Å². The van der Waals surface area contributed by atoms with E-state index in [1.165, 1.54) is 32.2 Å². The third kappa shape index (κ3) is 4.52. The number of β-amino-alcohol motifs (C(OH)–C–C–N with tert-alkyl or cyclic N) is 1. The Balaban J connectivity index is 1.82. The van der Waals surface area contributed by atoms with E-state index in [4.69, 9.17) is 0 Å². The Hall–Kier alpha value is -0.120. The molecule has 0 amide bonds. The standard InChI is InChI=1S/C15H30N2O/c1-3-8-15(2,11-16-13-6-7-13)12-17-9-4-5-14(18)10-17/h13-14,16,18H,3-12H2,1-2H3. The van der Waals surface area contributed by atoms with E-state index >= 15 is 0 Å². The molecule has 1 saturated heterocycles. The van der Waals surface area contributed by atoms with Crippen LogP contribution in [0.4, 0.5) is 0 Å². The number of nitrogens with one attached hydrogen (secondary N) is 1. The predicted octanol–water partition coefficient (Wildman–Crippen LogP) is 2.00. The third-order valence-electron chi connectivity index (χ3n) is 4.33. The predicted molar refractivity (Wildman–Crippen MR) is 75.7 cm³/mol. The second-order valence-corrected chi connectivity index (χ2v) is 6.75. The number of likely N-dealkylation sites (tertiary alicyclic amines) is 1. The van der Waals surface area contributed by atoms with Gasteiger partial charge in [-0.2, -0.15) is 0 Å². The van der Waals surface area contributed by atoms with E-state index in [0.29, 0.717) is 5.41 Å². The first-order chi connectivity index (χ1) is 8.61. The maximum atomic E-state index is 9.78. The van der Waals surface area contributed by atoms with E-state index in [2.05, 4.69) is 24.1 Å². The van der Waals surface area contributed by atoms with Crippen molar-refractivity contribution in [3.63, 3.8) is 0 Å². The average Bonchev–Trinajstić information content (AvgIpc) is 3.10. The highest BCUT2D eigenvalue weighted by molar-refractivity contribution is 4.88. The lowest BCUT2D eigenvalue weighted by atomic mass is 9.84. The summed E-state index contributed by atoms with van der Waals surface area (Å²) in [6.45, 7) is 9.01. The zero-order chi connectivity index (χ0) is 13.0. The van der Waals surface area contributed by atoms with Gasteiger partial charge in [-0.3, -0.25) is 0 Å². The summed E-state index contributed by atoms with van der Waals surface area (Å²) in [6, 6.07) is 0.799. The van der Waals surface area contributed by atoms with Crippen molar-refractivity contribution in [2.24, 2.45) is 5.41 Å². The van der Waals surface area contributed by atoms with Gasteiger partial charge < -0.3 is 15.3 Å². The minimum atomic E-state index is -0.0963. The monoisotopic (exact) mass is 254 g/mol. The molecule has 106 valence electrons. The maximum Gasteiger partial charge on any atom is 0.0667 e. The molecule has 1 aliphatic carbocycles. The molecule has 3 heteroatoms. The highest BCUT2D eigenvalue weighted by Crippen LogP contribution is 2.28. The molecule has 0 aromatic carbocycles. The number of rotatable bonds is 7. The normalized spacial score (nSPS) is 29.2. The second-order valence-electron chi connectivity index (χ2n) is 6.75. The van der Waals surface area contributed by atoms with Gasteiger partial charge in [-0.15, -0.1) is 0 Å². The number of piperidine rings is 1. The molecule has 1 aliphatic heterocycles. The van der Waals surface area contributed by atoms with Crippen molar-refractivity contribution < 1.29 is 5.11 Å². The van der Waals surface area contributed by atoms with Crippen LogP contribution in [0.15, 0.2) is 0 Å².